The number of amides is 2. The summed E-state index contributed by atoms with van der Waals surface area (Å²) in [6.45, 7) is 6.68. The summed E-state index contributed by atoms with van der Waals surface area (Å²) in [4.78, 5) is 29.4. The third kappa shape index (κ3) is 3.65. The summed E-state index contributed by atoms with van der Waals surface area (Å²) in [6, 6.07) is 7.91. The Morgan fingerprint density at radius 3 is 2.24 bits per heavy atom. The molecule has 1 aromatic carbocycles. The first-order chi connectivity index (χ1) is 12.0. The molecule has 2 fully saturated rings. The van der Waals surface area contributed by atoms with Crippen LogP contribution < -0.4 is 4.74 Å². The van der Waals surface area contributed by atoms with Gasteiger partial charge in [-0.3, -0.25) is 9.59 Å². The maximum Gasteiger partial charge on any atom is 0.228 e. The van der Waals surface area contributed by atoms with Crippen LogP contribution in [-0.4, -0.2) is 54.9 Å². The van der Waals surface area contributed by atoms with Crippen LogP contribution >= 0.6 is 0 Å². The normalized spacial score (nSPS) is 23.4. The molecule has 0 saturated carbocycles. The Balaban J connectivity index is 1.84. The summed E-state index contributed by atoms with van der Waals surface area (Å²) in [7, 11) is 1.65. The zero-order valence-electron chi connectivity index (χ0n) is 15.4. The predicted octanol–water partition coefficient (Wildman–Crippen LogP) is 2.52. The number of hydrogen-bond acceptors (Lipinski definition) is 3. The van der Waals surface area contributed by atoms with Gasteiger partial charge in [0.05, 0.1) is 13.0 Å². The summed E-state index contributed by atoms with van der Waals surface area (Å²) in [6.07, 6.45) is 2.17. The molecule has 2 amide bonds. The van der Waals surface area contributed by atoms with Crippen LogP contribution in [0.5, 0.6) is 5.75 Å². The molecule has 2 unspecified atom stereocenters. The van der Waals surface area contributed by atoms with Gasteiger partial charge in [0.15, 0.2) is 0 Å². The van der Waals surface area contributed by atoms with Crippen LogP contribution in [0.3, 0.4) is 0 Å². The average Bonchev–Trinajstić information content (AvgIpc) is 3.30. The summed E-state index contributed by atoms with van der Waals surface area (Å²) >= 11 is 0. The standard InChI is InChI=1S/C20H28N2O3/c1-14(2)19(23)22-12-17(15-6-8-16(25-3)9-7-15)18(13-22)20(24)21-10-4-5-11-21/h6-9,14,17-18H,4-5,10-13H2,1-3H3. The van der Waals surface area contributed by atoms with Crippen molar-refractivity contribution in [2.24, 2.45) is 11.8 Å². The highest BCUT2D eigenvalue weighted by molar-refractivity contribution is 5.84. The molecule has 1 aromatic rings. The SMILES string of the molecule is COc1ccc(C2CN(C(=O)C(C)C)CC2C(=O)N2CCCC2)cc1. The van der Waals surface area contributed by atoms with Gasteiger partial charge in [0.2, 0.25) is 11.8 Å². The first-order valence-electron chi connectivity index (χ1n) is 9.22. The molecule has 0 spiro atoms. The van der Waals surface area contributed by atoms with E-state index < -0.39 is 0 Å². The smallest absolute Gasteiger partial charge is 0.228 e. The van der Waals surface area contributed by atoms with E-state index >= 15 is 0 Å². The maximum atomic E-state index is 13.1. The molecule has 2 aliphatic rings. The van der Waals surface area contributed by atoms with E-state index in [1.54, 1.807) is 7.11 Å². The Bertz CT molecular complexity index is 620. The molecule has 0 aromatic heterocycles. The Morgan fingerprint density at radius 2 is 1.68 bits per heavy atom. The van der Waals surface area contributed by atoms with Crippen LogP contribution in [0.1, 0.15) is 38.2 Å². The van der Waals surface area contributed by atoms with Crippen LogP contribution in [0.25, 0.3) is 0 Å². The molecule has 5 heteroatoms. The molecule has 25 heavy (non-hydrogen) atoms. The molecule has 2 heterocycles. The fourth-order valence-corrected chi connectivity index (χ4v) is 3.96. The average molecular weight is 344 g/mol. The topological polar surface area (TPSA) is 49.9 Å². The maximum absolute atomic E-state index is 13.1. The van der Waals surface area contributed by atoms with Gasteiger partial charge in [-0.25, -0.2) is 0 Å². The molecule has 2 aliphatic heterocycles. The number of nitrogens with zero attached hydrogens (tertiary/aromatic N) is 2. The molecule has 0 N–H and O–H groups in total. The van der Waals surface area contributed by atoms with E-state index in [4.69, 9.17) is 4.74 Å². The molecule has 0 aliphatic carbocycles. The fourth-order valence-electron chi connectivity index (χ4n) is 3.96. The van der Waals surface area contributed by atoms with Gasteiger partial charge < -0.3 is 14.5 Å². The Labute approximate surface area is 149 Å². The van der Waals surface area contributed by atoms with Gasteiger partial charge in [0.1, 0.15) is 5.75 Å². The lowest BCUT2D eigenvalue weighted by atomic mass is 9.88. The van der Waals surface area contributed by atoms with Crippen molar-refractivity contribution in [1.82, 2.24) is 9.80 Å². The number of likely N-dealkylation sites (tertiary alicyclic amines) is 2. The first-order valence-corrected chi connectivity index (χ1v) is 9.22. The van der Waals surface area contributed by atoms with Crippen molar-refractivity contribution >= 4 is 11.8 Å². The van der Waals surface area contributed by atoms with Crippen molar-refractivity contribution in [3.05, 3.63) is 29.8 Å². The molecular formula is C20H28N2O3. The third-order valence-corrected chi connectivity index (χ3v) is 5.40. The van der Waals surface area contributed by atoms with E-state index in [-0.39, 0.29) is 29.6 Å². The quantitative estimate of drug-likeness (QED) is 0.843. The lowest BCUT2D eigenvalue weighted by Crippen LogP contribution is -2.38. The van der Waals surface area contributed by atoms with E-state index in [1.165, 1.54) is 0 Å². The Hall–Kier alpha value is -2.04. The molecule has 136 valence electrons. The van der Waals surface area contributed by atoms with Crippen LogP contribution in [-0.2, 0) is 9.59 Å². The van der Waals surface area contributed by atoms with Crippen molar-refractivity contribution in [3.63, 3.8) is 0 Å². The van der Waals surface area contributed by atoms with Crippen LogP contribution in [0.4, 0.5) is 0 Å². The van der Waals surface area contributed by atoms with Crippen molar-refractivity contribution in [2.45, 2.75) is 32.6 Å². The zero-order chi connectivity index (χ0) is 18.0. The van der Waals surface area contributed by atoms with Crippen molar-refractivity contribution in [2.75, 3.05) is 33.3 Å². The molecule has 2 saturated heterocycles. The molecule has 3 rings (SSSR count). The Kier molecular flexibility index (Phi) is 5.30. The zero-order valence-corrected chi connectivity index (χ0v) is 15.4. The lowest BCUT2D eigenvalue weighted by molar-refractivity contribution is -0.135. The second-order valence-electron chi connectivity index (χ2n) is 7.42. The molecule has 0 bridgehead atoms. The van der Waals surface area contributed by atoms with E-state index in [0.717, 1.165) is 37.2 Å². The van der Waals surface area contributed by atoms with E-state index in [9.17, 15) is 9.59 Å². The lowest BCUT2D eigenvalue weighted by Gasteiger charge is -2.24. The number of hydrogen-bond donors (Lipinski definition) is 0. The number of rotatable bonds is 4. The highest BCUT2D eigenvalue weighted by atomic mass is 16.5. The van der Waals surface area contributed by atoms with Crippen LogP contribution in [0, 0.1) is 11.8 Å². The minimum atomic E-state index is -0.144. The first kappa shape index (κ1) is 17.8. The number of benzene rings is 1. The molecular weight excluding hydrogens is 316 g/mol. The molecule has 5 nitrogen and oxygen atoms in total. The van der Waals surface area contributed by atoms with Gasteiger partial charge in [0, 0.05) is 38.0 Å². The highest BCUT2D eigenvalue weighted by Gasteiger charge is 2.42. The third-order valence-electron chi connectivity index (χ3n) is 5.40. The predicted molar refractivity (Wildman–Crippen MR) is 96.5 cm³/mol. The largest absolute Gasteiger partial charge is 0.497 e. The molecule has 0 radical (unpaired) electrons. The molecule has 2 atom stereocenters. The van der Waals surface area contributed by atoms with Crippen molar-refractivity contribution in [1.29, 1.82) is 0 Å². The van der Waals surface area contributed by atoms with Crippen molar-refractivity contribution < 1.29 is 14.3 Å². The number of carbonyl (C=O) groups excluding carboxylic acids is 2. The highest BCUT2D eigenvalue weighted by Crippen LogP contribution is 2.36. The van der Waals surface area contributed by atoms with Crippen LogP contribution in [0.2, 0.25) is 0 Å². The summed E-state index contributed by atoms with van der Waals surface area (Å²) in [5.41, 5.74) is 1.11. The number of carbonyl (C=O) groups is 2. The van der Waals surface area contributed by atoms with Gasteiger partial charge in [0.25, 0.3) is 0 Å². The summed E-state index contributed by atoms with van der Waals surface area (Å²) in [5, 5.41) is 0. The monoisotopic (exact) mass is 344 g/mol. The minimum Gasteiger partial charge on any atom is -0.497 e. The van der Waals surface area contributed by atoms with Gasteiger partial charge in [-0.15, -0.1) is 0 Å². The Morgan fingerprint density at radius 1 is 1.04 bits per heavy atom. The van der Waals surface area contributed by atoms with E-state index in [2.05, 4.69) is 0 Å². The fraction of sp³-hybridized carbons (Fsp3) is 0.600. The van der Waals surface area contributed by atoms with E-state index in [0.29, 0.717) is 13.1 Å². The van der Waals surface area contributed by atoms with E-state index in [1.807, 2.05) is 47.9 Å². The van der Waals surface area contributed by atoms with Gasteiger partial charge in [-0.05, 0) is 30.5 Å². The number of ether oxygens (including phenoxy) is 1. The van der Waals surface area contributed by atoms with Gasteiger partial charge >= 0.3 is 0 Å². The second-order valence-corrected chi connectivity index (χ2v) is 7.42. The number of methoxy groups -OCH3 is 1. The van der Waals surface area contributed by atoms with Crippen molar-refractivity contribution in [3.8, 4) is 5.75 Å². The van der Waals surface area contributed by atoms with Crippen LogP contribution in [0.15, 0.2) is 24.3 Å². The van der Waals surface area contributed by atoms with Gasteiger partial charge in [-0.2, -0.15) is 0 Å². The minimum absolute atomic E-state index is 0.0443. The summed E-state index contributed by atoms with van der Waals surface area (Å²) < 4.78 is 5.24. The van der Waals surface area contributed by atoms with Gasteiger partial charge in [-0.1, -0.05) is 26.0 Å². The second kappa shape index (κ2) is 7.46. The summed E-state index contributed by atoms with van der Waals surface area (Å²) in [5.74, 6) is 1.01.